The molecule has 1 atom stereocenters. The number of rotatable bonds is 7. The van der Waals surface area contributed by atoms with Crippen LogP contribution in [0.5, 0.6) is 5.75 Å². The van der Waals surface area contributed by atoms with Gasteiger partial charge in [-0.15, -0.1) is 0 Å². The lowest BCUT2D eigenvalue weighted by Crippen LogP contribution is -2.43. The predicted molar refractivity (Wildman–Crippen MR) is 80.4 cm³/mol. The molecule has 116 valence electrons. The minimum Gasteiger partial charge on any atom is -0.484 e. The van der Waals surface area contributed by atoms with Crippen LogP contribution in [0.25, 0.3) is 0 Å². The summed E-state index contributed by atoms with van der Waals surface area (Å²) in [6.45, 7) is 7.59. The summed E-state index contributed by atoms with van der Waals surface area (Å²) in [5.74, 6) is -0.666. The molecule has 0 aromatic heterocycles. The zero-order chi connectivity index (χ0) is 16.0. The van der Waals surface area contributed by atoms with Crippen LogP contribution in [0.15, 0.2) is 18.2 Å². The summed E-state index contributed by atoms with van der Waals surface area (Å²) in [5, 5.41) is 11.5. The molecule has 5 nitrogen and oxygen atoms in total. The summed E-state index contributed by atoms with van der Waals surface area (Å²) < 4.78 is 5.38. The summed E-state index contributed by atoms with van der Waals surface area (Å²) in [6.07, 6.45) is 0.394. The van der Waals surface area contributed by atoms with E-state index in [1.165, 1.54) is 0 Å². The van der Waals surface area contributed by atoms with Gasteiger partial charge >= 0.3 is 5.97 Å². The fourth-order valence-electron chi connectivity index (χ4n) is 1.88. The van der Waals surface area contributed by atoms with Crippen molar-refractivity contribution < 1.29 is 19.4 Å². The molecule has 2 N–H and O–H groups in total. The highest BCUT2D eigenvalue weighted by molar-refractivity contribution is 5.84. The summed E-state index contributed by atoms with van der Waals surface area (Å²) in [7, 11) is 0. The van der Waals surface area contributed by atoms with Gasteiger partial charge in [0, 0.05) is 0 Å². The maximum Gasteiger partial charge on any atom is 0.326 e. The first-order chi connectivity index (χ1) is 9.79. The lowest BCUT2D eigenvalue weighted by Gasteiger charge is -2.16. The molecule has 5 heteroatoms. The van der Waals surface area contributed by atoms with Crippen molar-refractivity contribution in [2.24, 2.45) is 5.92 Å². The maximum absolute atomic E-state index is 11.8. The van der Waals surface area contributed by atoms with E-state index in [0.717, 1.165) is 11.1 Å². The van der Waals surface area contributed by atoms with E-state index >= 15 is 0 Å². The molecule has 0 heterocycles. The van der Waals surface area contributed by atoms with Crippen LogP contribution in [0.3, 0.4) is 0 Å². The number of aryl methyl sites for hydroxylation is 2. The Bertz CT molecular complexity index is 511. The monoisotopic (exact) mass is 293 g/mol. The quantitative estimate of drug-likeness (QED) is 0.809. The Balaban J connectivity index is 2.52. The van der Waals surface area contributed by atoms with Crippen molar-refractivity contribution in [3.05, 3.63) is 29.3 Å². The topological polar surface area (TPSA) is 75.6 Å². The summed E-state index contributed by atoms with van der Waals surface area (Å²) in [5.41, 5.74) is 2.23. The Labute approximate surface area is 125 Å². The van der Waals surface area contributed by atoms with Gasteiger partial charge < -0.3 is 15.2 Å². The van der Waals surface area contributed by atoms with Gasteiger partial charge in [-0.05, 0) is 49.4 Å². The fraction of sp³-hybridized carbons (Fsp3) is 0.500. The van der Waals surface area contributed by atoms with Crippen LogP contribution >= 0.6 is 0 Å². The van der Waals surface area contributed by atoms with Gasteiger partial charge in [-0.3, -0.25) is 4.79 Å². The Morgan fingerprint density at radius 3 is 2.43 bits per heavy atom. The molecule has 0 radical (unpaired) electrons. The Morgan fingerprint density at radius 2 is 1.90 bits per heavy atom. The van der Waals surface area contributed by atoms with Gasteiger partial charge in [0.25, 0.3) is 5.91 Å². The van der Waals surface area contributed by atoms with Gasteiger partial charge in [-0.1, -0.05) is 19.9 Å². The first-order valence-corrected chi connectivity index (χ1v) is 7.01. The molecule has 0 aliphatic carbocycles. The Kier molecular flexibility index (Phi) is 6.21. The average molecular weight is 293 g/mol. The van der Waals surface area contributed by atoms with Gasteiger partial charge in [0.05, 0.1) is 0 Å². The van der Waals surface area contributed by atoms with E-state index in [2.05, 4.69) is 5.32 Å². The van der Waals surface area contributed by atoms with Crippen LogP contribution in [-0.4, -0.2) is 29.6 Å². The van der Waals surface area contributed by atoms with Crippen molar-refractivity contribution in [3.63, 3.8) is 0 Å². The van der Waals surface area contributed by atoms with Gasteiger partial charge in [0.2, 0.25) is 0 Å². The van der Waals surface area contributed by atoms with E-state index in [4.69, 9.17) is 9.84 Å². The van der Waals surface area contributed by atoms with E-state index in [0.29, 0.717) is 12.2 Å². The van der Waals surface area contributed by atoms with Crippen LogP contribution in [0.2, 0.25) is 0 Å². The number of hydrogen-bond donors (Lipinski definition) is 2. The normalized spacial score (nSPS) is 12.0. The van der Waals surface area contributed by atoms with Crippen LogP contribution < -0.4 is 10.1 Å². The zero-order valence-corrected chi connectivity index (χ0v) is 13.0. The standard InChI is InChI=1S/C16H23NO4/c1-10(2)7-14(16(19)20)17-15(18)9-21-13-6-5-11(3)12(4)8-13/h5-6,8,10,14H,7,9H2,1-4H3,(H,17,18)(H,19,20)/t14-/m1/s1. The number of carboxylic acids is 1. The molecule has 0 saturated carbocycles. The number of amides is 1. The summed E-state index contributed by atoms with van der Waals surface area (Å²) in [4.78, 5) is 22.8. The molecule has 0 aliphatic rings. The van der Waals surface area contributed by atoms with Gasteiger partial charge in [-0.25, -0.2) is 4.79 Å². The maximum atomic E-state index is 11.8. The Morgan fingerprint density at radius 1 is 1.24 bits per heavy atom. The van der Waals surface area contributed by atoms with Crippen LogP contribution in [0.4, 0.5) is 0 Å². The third-order valence-electron chi connectivity index (χ3n) is 3.19. The van der Waals surface area contributed by atoms with Gasteiger partial charge in [-0.2, -0.15) is 0 Å². The molecule has 1 rings (SSSR count). The average Bonchev–Trinajstić information content (AvgIpc) is 2.38. The third-order valence-corrected chi connectivity index (χ3v) is 3.19. The van der Waals surface area contributed by atoms with E-state index in [1.54, 1.807) is 6.07 Å². The van der Waals surface area contributed by atoms with Gasteiger partial charge in [0.15, 0.2) is 6.61 Å². The molecule has 0 unspecified atom stereocenters. The molecule has 0 saturated heterocycles. The van der Waals surface area contributed by atoms with Crippen molar-refractivity contribution >= 4 is 11.9 Å². The number of carbonyl (C=O) groups is 2. The number of ether oxygens (including phenoxy) is 1. The number of carboxylic acid groups (broad SMARTS) is 1. The molecule has 1 aromatic rings. The highest BCUT2D eigenvalue weighted by Gasteiger charge is 2.21. The van der Waals surface area contributed by atoms with Crippen molar-refractivity contribution in [3.8, 4) is 5.75 Å². The number of nitrogens with one attached hydrogen (secondary N) is 1. The van der Waals surface area contributed by atoms with Crippen LogP contribution in [0.1, 0.15) is 31.4 Å². The van der Waals surface area contributed by atoms with Crippen LogP contribution in [0, 0.1) is 19.8 Å². The number of benzene rings is 1. The van der Waals surface area contributed by atoms with Crippen molar-refractivity contribution in [1.29, 1.82) is 0 Å². The van der Waals surface area contributed by atoms with E-state index in [9.17, 15) is 9.59 Å². The second kappa shape index (κ2) is 7.67. The SMILES string of the molecule is Cc1ccc(OCC(=O)N[C@H](CC(C)C)C(=O)O)cc1C. The number of carbonyl (C=O) groups excluding carboxylic acids is 1. The first kappa shape index (κ1) is 17.0. The lowest BCUT2D eigenvalue weighted by atomic mass is 10.0. The number of aliphatic carboxylic acids is 1. The fourth-order valence-corrected chi connectivity index (χ4v) is 1.88. The van der Waals surface area contributed by atoms with Crippen molar-refractivity contribution in [1.82, 2.24) is 5.32 Å². The highest BCUT2D eigenvalue weighted by atomic mass is 16.5. The minimum absolute atomic E-state index is 0.187. The van der Waals surface area contributed by atoms with E-state index in [-0.39, 0.29) is 12.5 Å². The summed E-state index contributed by atoms with van der Waals surface area (Å²) in [6, 6.07) is 4.69. The van der Waals surface area contributed by atoms with E-state index < -0.39 is 17.9 Å². The Hall–Kier alpha value is -2.04. The molecule has 1 aromatic carbocycles. The minimum atomic E-state index is -1.02. The molecule has 0 spiro atoms. The van der Waals surface area contributed by atoms with Crippen molar-refractivity contribution in [2.45, 2.75) is 40.2 Å². The van der Waals surface area contributed by atoms with Gasteiger partial charge in [0.1, 0.15) is 11.8 Å². The molecule has 1 amide bonds. The largest absolute Gasteiger partial charge is 0.484 e. The third kappa shape index (κ3) is 5.85. The second-order valence-corrected chi connectivity index (χ2v) is 5.62. The lowest BCUT2D eigenvalue weighted by molar-refractivity contribution is -0.142. The van der Waals surface area contributed by atoms with Crippen molar-refractivity contribution in [2.75, 3.05) is 6.61 Å². The molecular weight excluding hydrogens is 270 g/mol. The molecule has 0 bridgehead atoms. The number of hydrogen-bond acceptors (Lipinski definition) is 3. The highest BCUT2D eigenvalue weighted by Crippen LogP contribution is 2.16. The second-order valence-electron chi connectivity index (χ2n) is 5.62. The first-order valence-electron chi connectivity index (χ1n) is 7.01. The molecule has 0 aliphatic heterocycles. The predicted octanol–water partition coefficient (Wildman–Crippen LogP) is 2.30. The summed E-state index contributed by atoms with van der Waals surface area (Å²) >= 11 is 0. The van der Waals surface area contributed by atoms with E-state index in [1.807, 2.05) is 39.8 Å². The molecular formula is C16H23NO4. The van der Waals surface area contributed by atoms with Crippen LogP contribution in [-0.2, 0) is 9.59 Å². The zero-order valence-electron chi connectivity index (χ0n) is 13.0. The molecule has 0 fully saturated rings. The molecule has 21 heavy (non-hydrogen) atoms. The smallest absolute Gasteiger partial charge is 0.326 e.